The fourth-order valence-electron chi connectivity index (χ4n) is 5.83. The minimum Gasteiger partial charge on any atom is -0.413 e. The number of ketones is 4. The van der Waals surface area contributed by atoms with Crippen molar-refractivity contribution < 1.29 is 24.0 Å². The summed E-state index contributed by atoms with van der Waals surface area (Å²) in [6.07, 6.45) is 6.56. The molecule has 8 rings (SSSR count). The molecule has 3 aliphatic carbocycles. The van der Waals surface area contributed by atoms with Gasteiger partial charge >= 0.3 is 0 Å². The summed E-state index contributed by atoms with van der Waals surface area (Å²) in [5.41, 5.74) is 6.18. The SMILES string of the molecule is CCOn1c2c(c3ccccc31)C(=O)c1cnccc1C2=O.O=C1C2=C(C(=O)c3cnccc31)c1ccccc1C2. The summed E-state index contributed by atoms with van der Waals surface area (Å²) < 4.78 is 1.48. The van der Waals surface area contributed by atoms with E-state index in [1.165, 1.54) is 23.3 Å². The molecular formula is C33H21N3O5. The maximum absolute atomic E-state index is 12.8. The summed E-state index contributed by atoms with van der Waals surface area (Å²) >= 11 is 0. The van der Waals surface area contributed by atoms with Crippen LogP contribution in [0.1, 0.15) is 70.7 Å². The zero-order valence-electron chi connectivity index (χ0n) is 21.9. The van der Waals surface area contributed by atoms with E-state index in [1.807, 2.05) is 55.5 Å². The van der Waals surface area contributed by atoms with Gasteiger partial charge in [-0.3, -0.25) is 29.1 Å². The Morgan fingerprint density at radius 1 is 0.707 bits per heavy atom. The first-order chi connectivity index (χ1) is 20.0. The summed E-state index contributed by atoms with van der Waals surface area (Å²) in [7, 11) is 0. The minimum absolute atomic E-state index is 0.0387. The molecule has 0 bridgehead atoms. The van der Waals surface area contributed by atoms with E-state index in [0.717, 1.165) is 22.0 Å². The molecule has 0 saturated carbocycles. The van der Waals surface area contributed by atoms with E-state index in [0.29, 0.717) is 57.7 Å². The van der Waals surface area contributed by atoms with Crippen molar-refractivity contribution in [1.29, 1.82) is 0 Å². The fraction of sp³-hybridized carbons (Fsp3) is 0.0909. The van der Waals surface area contributed by atoms with E-state index in [4.69, 9.17) is 4.84 Å². The van der Waals surface area contributed by atoms with Crippen molar-refractivity contribution >= 4 is 39.6 Å². The average Bonchev–Trinajstić information content (AvgIpc) is 3.57. The molecule has 0 N–H and O–H groups in total. The highest BCUT2D eigenvalue weighted by atomic mass is 16.7. The van der Waals surface area contributed by atoms with Crippen molar-refractivity contribution in [3.63, 3.8) is 0 Å². The van der Waals surface area contributed by atoms with Crippen molar-refractivity contribution in [2.75, 3.05) is 6.61 Å². The highest BCUT2D eigenvalue weighted by molar-refractivity contribution is 6.41. The van der Waals surface area contributed by atoms with Crippen LogP contribution in [0.4, 0.5) is 0 Å². The number of nitrogens with zero attached hydrogens (tertiary/aromatic N) is 3. The van der Waals surface area contributed by atoms with Crippen LogP contribution in [0.25, 0.3) is 16.5 Å². The number of benzene rings is 2. The zero-order valence-corrected chi connectivity index (χ0v) is 21.9. The quantitative estimate of drug-likeness (QED) is 0.313. The molecule has 0 amide bonds. The molecule has 0 radical (unpaired) electrons. The standard InChI is InChI=1S/C17H12N2O3.C16H9NO2/c1-2-22-19-13-6-4-3-5-11(13)14-15(19)17(21)10-7-8-18-9-12(10)16(14)20;18-15-11-5-6-17-8-13(11)16(19)14-10-4-2-1-3-9(10)7-12(14)15/h3-9H,2H2,1H3;1-6,8H,7H2. The highest BCUT2D eigenvalue weighted by Gasteiger charge is 2.38. The second kappa shape index (κ2) is 9.31. The van der Waals surface area contributed by atoms with E-state index in [2.05, 4.69) is 9.97 Å². The fourth-order valence-corrected chi connectivity index (χ4v) is 5.83. The molecule has 2 aromatic carbocycles. The first-order valence-electron chi connectivity index (χ1n) is 13.2. The van der Waals surface area contributed by atoms with Gasteiger partial charge in [-0.1, -0.05) is 42.5 Å². The van der Waals surface area contributed by atoms with Crippen molar-refractivity contribution in [1.82, 2.24) is 14.7 Å². The number of hydrogen-bond donors (Lipinski definition) is 0. The molecule has 0 unspecified atom stereocenters. The molecule has 5 aromatic rings. The van der Waals surface area contributed by atoms with Gasteiger partial charge in [-0.25, -0.2) is 0 Å². The number of Topliss-reactive ketones (excluding diaryl/α,β-unsaturated/α-hetero) is 2. The maximum Gasteiger partial charge on any atom is 0.214 e. The first kappa shape index (κ1) is 24.5. The molecule has 0 atom stereocenters. The number of aromatic nitrogens is 3. The smallest absolute Gasteiger partial charge is 0.214 e. The van der Waals surface area contributed by atoms with Crippen LogP contribution in [0.15, 0.2) is 91.0 Å². The van der Waals surface area contributed by atoms with Gasteiger partial charge in [-0.05, 0) is 36.2 Å². The second-order valence-electron chi connectivity index (χ2n) is 9.80. The molecule has 0 fully saturated rings. The molecular weight excluding hydrogens is 518 g/mol. The van der Waals surface area contributed by atoms with Crippen LogP contribution in [0.5, 0.6) is 0 Å². The lowest BCUT2D eigenvalue weighted by Gasteiger charge is -2.16. The number of hydrogen-bond acceptors (Lipinski definition) is 7. The lowest BCUT2D eigenvalue weighted by Crippen LogP contribution is -2.25. The average molecular weight is 540 g/mol. The van der Waals surface area contributed by atoms with Gasteiger partial charge in [0, 0.05) is 58.9 Å². The predicted molar refractivity (Wildman–Crippen MR) is 150 cm³/mol. The molecule has 41 heavy (non-hydrogen) atoms. The number of carbonyl (C=O) groups excluding carboxylic acids is 4. The number of rotatable bonds is 2. The monoisotopic (exact) mass is 539 g/mol. The molecule has 3 aromatic heterocycles. The second-order valence-corrected chi connectivity index (χ2v) is 9.80. The van der Waals surface area contributed by atoms with Crippen LogP contribution in [-0.2, 0) is 6.42 Å². The molecule has 0 aliphatic heterocycles. The van der Waals surface area contributed by atoms with Crippen LogP contribution in [0.2, 0.25) is 0 Å². The molecule has 0 spiro atoms. The van der Waals surface area contributed by atoms with Crippen molar-refractivity contribution in [2.45, 2.75) is 13.3 Å². The van der Waals surface area contributed by atoms with Crippen molar-refractivity contribution in [3.05, 3.63) is 136 Å². The Bertz CT molecular complexity index is 2020. The van der Waals surface area contributed by atoms with Crippen LogP contribution in [0, 0.1) is 0 Å². The molecule has 8 heteroatoms. The van der Waals surface area contributed by atoms with Gasteiger partial charge in [0.15, 0.2) is 17.3 Å². The normalized spacial score (nSPS) is 14.6. The van der Waals surface area contributed by atoms with E-state index >= 15 is 0 Å². The van der Waals surface area contributed by atoms with Crippen molar-refractivity contribution in [2.24, 2.45) is 0 Å². The summed E-state index contributed by atoms with van der Waals surface area (Å²) in [6.45, 7) is 2.24. The van der Waals surface area contributed by atoms with E-state index in [-0.39, 0.29) is 23.1 Å². The van der Waals surface area contributed by atoms with Gasteiger partial charge in [0.05, 0.1) is 22.2 Å². The molecule has 198 valence electrons. The van der Waals surface area contributed by atoms with E-state index < -0.39 is 0 Å². The number of fused-ring (bicyclic) bond motifs is 7. The van der Waals surface area contributed by atoms with Gasteiger partial charge in [-0.15, -0.1) is 0 Å². The molecule has 3 aliphatic rings. The third-order valence-corrected chi connectivity index (χ3v) is 7.61. The lowest BCUT2D eigenvalue weighted by molar-refractivity contribution is 0.0901. The predicted octanol–water partition coefficient (Wildman–Crippen LogP) is 4.73. The van der Waals surface area contributed by atoms with E-state index in [1.54, 1.807) is 18.3 Å². The zero-order chi connectivity index (χ0) is 28.2. The lowest BCUT2D eigenvalue weighted by atomic mass is 9.85. The Hall–Kier alpha value is -5.50. The van der Waals surface area contributed by atoms with Crippen molar-refractivity contribution in [3.8, 4) is 0 Å². The van der Waals surface area contributed by atoms with E-state index in [9.17, 15) is 19.2 Å². The Labute approximate surface area is 233 Å². The van der Waals surface area contributed by atoms with Crippen LogP contribution in [-0.4, -0.2) is 44.4 Å². The Kier molecular flexibility index (Phi) is 5.57. The van der Waals surface area contributed by atoms with Crippen LogP contribution >= 0.6 is 0 Å². The topological polar surface area (TPSA) is 108 Å². The van der Waals surface area contributed by atoms with Gasteiger partial charge in [0.1, 0.15) is 12.3 Å². The highest BCUT2D eigenvalue weighted by Crippen LogP contribution is 2.40. The van der Waals surface area contributed by atoms with Gasteiger partial charge in [0.2, 0.25) is 5.78 Å². The van der Waals surface area contributed by atoms with Gasteiger partial charge < -0.3 is 4.84 Å². The third-order valence-electron chi connectivity index (χ3n) is 7.61. The summed E-state index contributed by atoms with van der Waals surface area (Å²) in [5, 5.41) is 0.721. The number of carbonyl (C=O) groups is 4. The van der Waals surface area contributed by atoms with Crippen LogP contribution < -0.4 is 4.84 Å². The number of pyridine rings is 2. The Morgan fingerprint density at radius 2 is 1.37 bits per heavy atom. The van der Waals surface area contributed by atoms with Gasteiger partial charge in [0.25, 0.3) is 0 Å². The Morgan fingerprint density at radius 3 is 2.12 bits per heavy atom. The summed E-state index contributed by atoms with van der Waals surface area (Å²) in [6, 6.07) is 18.3. The molecule has 3 heterocycles. The Balaban J connectivity index is 0.000000136. The minimum atomic E-state index is -0.211. The van der Waals surface area contributed by atoms with Crippen LogP contribution in [0.3, 0.4) is 0 Å². The number of allylic oxidation sites excluding steroid dienone is 2. The number of para-hydroxylation sites is 1. The summed E-state index contributed by atoms with van der Waals surface area (Å²) in [5.74, 6) is -0.519. The van der Waals surface area contributed by atoms with Gasteiger partial charge in [-0.2, -0.15) is 4.73 Å². The molecule has 8 nitrogen and oxygen atoms in total. The maximum atomic E-state index is 12.8. The summed E-state index contributed by atoms with van der Waals surface area (Å²) in [4.78, 5) is 64.2. The first-order valence-corrected chi connectivity index (χ1v) is 13.2. The third kappa shape index (κ3) is 3.54. The molecule has 0 saturated heterocycles. The largest absolute Gasteiger partial charge is 0.413 e.